The second-order valence-corrected chi connectivity index (χ2v) is 3.88. The lowest BCUT2D eigenvalue weighted by molar-refractivity contribution is -0.172. The van der Waals surface area contributed by atoms with E-state index in [-0.39, 0.29) is 0 Å². The maximum Gasteiger partial charge on any atom is 0.332 e. The quantitative estimate of drug-likeness (QED) is 0.710. The first-order chi connectivity index (χ1) is 6.34. The van der Waals surface area contributed by atoms with Gasteiger partial charge in [0.15, 0.2) is 5.54 Å². The maximum absolute atomic E-state index is 13.3. The number of halogens is 2. The normalized spacial score (nSPS) is 22.4. The number of carbonyl (C=O) groups excluding carboxylic acids is 1. The van der Waals surface area contributed by atoms with E-state index in [1.54, 1.807) is 0 Å². The minimum absolute atomic E-state index is 0.463. The smallest absolute Gasteiger partial charge is 0.332 e. The van der Waals surface area contributed by atoms with Crippen LogP contribution in [0.4, 0.5) is 8.78 Å². The SMILES string of the molecule is COC(=O)C(N)(C1CCC1)C(C)(F)F. The Morgan fingerprint density at radius 1 is 1.50 bits per heavy atom. The van der Waals surface area contributed by atoms with Gasteiger partial charge in [-0.15, -0.1) is 0 Å². The Morgan fingerprint density at radius 3 is 2.21 bits per heavy atom. The monoisotopic (exact) mass is 207 g/mol. The summed E-state index contributed by atoms with van der Waals surface area (Å²) in [6.45, 7) is 0.669. The van der Waals surface area contributed by atoms with Gasteiger partial charge in [0.25, 0.3) is 5.92 Å². The van der Waals surface area contributed by atoms with Gasteiger partial charge < -0.3 is 10.5 Å². The van der Waals surface area contributed by atoms with Crippen molar-refractivity contribution in [3.05, 3.63) is 0 Å². The topological polar surface area (TPSA) is 52.3 Å². The lowest BCUT2D eigenvalue weighted by Gasteiger charge is -2.43. The molecular formula is C9H15F2NO2. The van der Waals surface area contributed by atoms with E-state index < -0.39 is 23.3 Å². The van der Waals surface area contributed by atoms with Crippen molar-refractivity contribution in [2.45, 2.75) is 37.6 Å². The minimum atomic E-state index is -3.24. The fraction of sp³-hybridized carbons (Fsp3) is 0.889. The summed E-state index contributed by atoms with van der Waals surface area (Å²) in [5.74, 6) is -4.73. The van der Waals surface area contributed by atoms with Gasteiger partial charge in [0.1, 0.15) is 0 Å². The van der Waals surface area contributed by atoms with E-state index in [0.717, 1.165) is 13.5 Å². The maximum atomic E-state index is 13.3. The van der Waals surface area contributed by atoms with Gasteiger partial charge in [-0.25, -0.2) is 13.6 Å². The molecule has 3 nitrogen and oxygen atoms in total. The number of ether oxygens (including phenoxy) is 1. The third-order valence-corrected chi connectivity index (χ3v) is 3.00. The minimum Gasteiger partial charge on any atom is -0.467 e. The van der Waals surface area contributed by atoms with Crippen molar-refractivity contribution in [2.24, 2.45) is 11.7 Å². The average molecular weight is 207 g/mol. The fourth-order valence-corrected chi connectivity index (χ4v) is 1.74. The zero-order valence-corrected chi connectivity index (χ0v) is 8.35. The van der Waals surface area contributed by atoms with E-state index in [2.05, 4.69) is 4.74 Å². The predicted molar refractivity (Wildman–Crippen MR) is 46.9 cm³/mol. The molecule has 0 aliphatic heterocycles. The number of esters is 1. The highest BCUT2D eigenvalue weighted by Gasteiger charge is 2.60. The van der Waals surface area contributed by atoms with E-state index in [1.807, 2.05) is 0 Å². The second kappa shape index (κ2) is 3.46. The fourth-order valence-electron chi connectivity index (χ4n) is 1.74. The van der Waals surface area contributed by atoms with Crippen LogP contribution >= 0.6 is 0 Å². The van der Waals surface area contributed by atoms with Crippen LogP contribution in [0.25, 0.3) is 0 Å². The Hall–Kier alpha value is -0.710. The molecular weight excluding hydrogens is 192 g/mol. The first-order valence-electron chi connectivity index (χ1n) is 4.59. The van der Waals surface area contributed by atoms with E-state index in [4.69, 9.17) is 5.73 Å². The third-order valence-electron chi connectivity index (χ3n) is 3.00. The first kappa shape index (κ1) is 11.4. The average Bonchev–Trinajstić information content (AvgIpc) is 1.97. The lowest BCUT2D eigenvalue weighted by Crippen LogP contribution is -2.66. The van der Waals surface area contributed by atoms with Crippen LogP contribution in [0.1, 0.15) is 26.2 Å². The van der Waals surface area contributed by atoms with Gasteiger partial charge in [0.05, 0.1) is 7.11 Å². The molecule has 1 aliphatic rings. The van der Waals surface area contributed by atoms with Gasteiger partial charge in [0, 0.05) is 6.92 Å². The summed E-state index contributed by atoms with van der Waals surface area (Å²) in [5.41, 5.74) is 3.36. The Balaban J connectivity index is 2.94. The zero-order valence-electron chi connectivity index (χ0n) is 8.35. The van der Waals surface area contributed by atoms with Crippen molar-refractivity contribution in [1.82, 2.24) is 0 Å². The molecule has 0 spiro atoms. The predicted octanol–water partition coefficient (Wildman–Crippen LogP) is 1.31. The van der Waals surface area contributed by atoms with E-state index in [1.165, 1.54) is 0 Å². The van der Waals surface area contributed by atoms with E-state index >= 15 is 0 Å². The second-order valence-electron chi connectivity index (χ2n) is 3.88. The zero-order chi connectivity index (χ0) is 11.0. The number of carbonyl (C=O) groups is 1. The Morgan fingerprint density at radius 2 is 2.00 bits per heavy atom. The van der Waals surface area contributed by atoms with Crippen LogP contribution in [0.5, 0.6) is 0 Å². The first-order valence-corrected chi connectivity index (χ1v) is 4.59. The largest absolute Gasteiger partial charge is 0.467 e. The number of alkyl halides is 2. The van der Waals surface area contributed by atoms with Gasteiger partial charge >= 0.3 is 5.97 Å². The van der Waals surface area contributed by atoms with Crippen LogP contribution in [0.2, 0.25) is 0 Å². The molecule has 0 amide bonds. The standard InChI is InChI=1S/C9H15F2NO2/c1-8(10,11)9(12,7(13)14-2)6-4-3-5-6/h6H,3-5,12H2,1-2H3. The summed E-state index contributed by atoms with van der Waals surface area (Å²) in [7, 11) is 1.08. The number of hydrogen-bond acceptors (Lipinski definition) is 3. The molecule has 1 rings (SSSR count). The summed E-state index contributed by atoms with van der Waals surface area (Å²) in [6, 6.07) is 0. The number of methoxy groups -OCH3 is 1. The Labute approximate surface area is 81.6 Å². The molecule has 0 aromatic rings. The lowest BCUT2D eigenvalue weighted by atomic mass is 9.68. The van der Waals surface area contributed by atoms with Crippen LogP contribution in [-0.4, -0.2) is 24.5 Å². The summed E-state index contributed by atoms with van der Waals surface area (Å²) in [6.07, 6.45) is 1.97. The molecule has 1 aliphatic carbocycles. The number of hydrogen-bond donors (Lipinski definition) is 1. The Kier molecular flexibility index (Phi) is 2.81. The summed E-state index contributed by atoms with van der Waals surface area (Å²) >= 11 is 0. The van der Waals surface area contributed by atoms with Gasteiger partial charge in [0.2, 0.25) is 0 Å². The molecule has 5 heteroatoms. The highest BCUT2D eigenvalue weighted by molar-refractivity contribution is 5.82. The van der Waals surface area contributed by atoms with Crippen LogP contribution < -0.4 is 5.73 Å². The molecule has 1 fully saturated rings. The van der Waals surface area contributed by atoms with Crippen LogP contribution in [-0.2, 0) is 9.53 Å². The molecule has 1 atom stereocenters. The Bertz CT molecular complexity index is 235. The molecule has 1 saturated carbocycles. The van der Waals surface area contributed by atoms with Crippen molar-refractivity contribution in [1.29, 1.82) is 0 Å². The summed E-state index contributed by atoms with van der Waals surface area (Å²) < 4.78 is 30.9. The highest BCUT2D eigenvalue weighted by atomic mass is 19.3. The highest BCUT2D eigenvalue weighted by Crippen LogP contribution is 2.43. The third kappa shape index (κ3) is 1.49. The van der Waals surface area contributed by atoms with Crippen molar-refractivity contribution >= 4 is 5.97 Å². The summed E-state index contributed by atoms with van der Waals surface area (Å²) in [5, 5.41) is 0. The molecule has 1 unspecified atom stereocenters. The van der Waals surface area contributed by atoms with Crippen LogP contribution in [0, 0.1) is 5.92 Å². The van der Waals surface area contributed by atoms with Crippen molar-refractivity contribution < 1.29 is 18.3 Å². The molecule has 0 bridgehead atoms. The van der Waals surface area contributed by atoms with Crippen molar-refractivity contribution in [3.63, 3.8) is 0 Å². The molecule has 0 aromatic carbocycles. The molecule has 2 N–H and O–H groups in total. The summed E-state index contributed by atoms with van der Waals surface area (Å²) in [4.78, 5) is 11.3. The van der Waals surface area contributed by atoms with Gasteiger partial charge in [-0.2, -0.15) is 0 Å². The molecule has 82 valence electrons. The van der Waals surface area contributed by atoms with Crippen molar-refractivity contribution in [3.8, 4) is 0 Å². The van der Waals surface area contributed by atoms with Gasteiger partial charge in [-0.1, -0.05) is 6.42 Å². The number of rotatable bonds is 3. The van der Waals surface area contributed by atoms with Crippen molar-refractivity contribution in [2.75, 3.05) is 7.11 Å². The van der Waals surface area contributed by atoms with E-state index in [9.17, 15) is 13.6 Å². The molecule has 14 heavy (non-hydrogen) atoms. The van der Waals surface area contributed by atoms with E-state index in [0.29, 0.717) is 19.8 Å². The molecule has 0 saturated heterocycles. The number of nitrogens with two attached hydrogens (primary N) is 1. The van der Waals surface area contributed by atoms with Gasteiger partial charge in [-0.3, -0.25) is 0 Å². The molecule has 0 aromatic heterocycles. The van der Waals surface area contributed by atoms with Gasteiger partial charge in [-0.05, 0) is 18.8 Å². The molecule has 0 radical (unpaired) electrons. The molecule has 0 heterocycles. The van der Waals surface area contributed by atoms with Crippen LogP contribution in [0.15, 0.2) is 0 Å². The van der Waals surface area contributed by atoms with Crippen LogP contribution in [0.3, 0.4) is 0 Å².